The molecule has 0 aromatic carbocycles. The summed E-state index contributed by atoms with van der Waals surface area (Å²) in [6.07, 6.45) is 3.98. The summed E-state index contributed by atoms with van der Waals surface area (Å²) < 4.78 is 0. The predicted molar refractivity (Wildman–Crippen MR) is 82.0 cm³/mol. The molecule has 1 unspecified atom stereocenters. The molecule has 1 aliphatic rings. The summed E-state index contributed by atoms with van der Waals surface area (Å²) in [5.74, 6) is 0.467. The molecule has 1 fully saturated rings. The van der Waals surface area contributed by atoms with Crippen molar-refractivity contribution in [3.63, 3.8) is 0 Å². The highest BCUT2D eigenvalue weighted by Gasteiger charge is 2.37. The van der Waals surface area contributed by atoms with Crippen molar-refractivity contribution in [2.45, 2.75) is 44.0 Å². The Morgan fingerprint density at radius 1 is 1.48 bits per heavy atom. The molecule has 0 bridgehead atoms. The third-order valence-electron chi connectivity index (χ3n) is 3.44. The van der Waals surface area contributed by atoms with E-state index in [0.29, 0.717) is 12.2 Å². The van der Waals surface area contributed by atoms with Gasteiger partial charge in [0.15, 0.2) is 0 Å². The van der Waals surface area contributed by atoms with E-state index in [1.54, 1.807) is 29.8 Å². The number of carbonyl (C=O) groups is 2. The topological polar surface area (TPSA) is 70.5 Å². The molecule has 5 nitrogen and oxygen atoms in total. The monoisotopic (exact) mass is 308 g/mol. The molecule has 1 aromatic rings. The summed E-state index contributed by atoms with van der Waals surface area (Å²) in [7, 11) is 0. The van der Waals surface area contributed by atoms with Gasteiger partial charge >= 0.3 is 5.97 Å². The number of hydrogen-bond donors (Lipinski definition) is 1. The van der Waals surface area contributed by atoms with E-state index in [1.807, 2.05) is 18.2 Å². The smallest absolute Gasteiger partial charge is 0.326 e. The SMILES string of the molecule is CC(C(=O)O)N(C(=O)CCSCc1ccccn1)C1CC1. The number of aliphatic carboxylic acids is 1. The average molecular weight is 308 g/mol. The van der Waals surface area contributed by atoms with Crippen molar-refractivity contribution in [2.24, 2.45) is 0 Å². The minimum atomic E-state index is -0.934. The van der Waals surface area contributed by atoms with Gasteiger partial charge < -0.3 is 10.0 Å². The Labute approximate surface area is 128 Å². The Kier molecular flexibility index (Phi) is 5.61. The third kappa shape index (κ3) is 4.74. The second-order valence-corrected chi connectivity index (χ2v) is 6.28. The van der Waals surface area contributed by atoms with Gasteiger partial charge in [0.25, 0.3) is 0 Å². The molecular formula is C15H20N2O3S. The highest BCUT2D eigenvalue weighted by atomic mass is 32.2. The van der Waals surface area contributed by atoms with Crippen molar-refractivity contribution in [3.05, 3.63) is 30.1 Å². The highest BCUT2D eigenvalue weighted by molar-refractivity contribution is 7.98. The zero-order valence-electron chi connectivity index (χ0n) is 12.1. The van der Waals surface area contributed by atoms with Gasteiger partial charge in [0.1, 0.15) is 6.04 Å². The molecule has 6 heteroatoms. The number of thioether (sulfide) groups is 1. The van der Waals surface area contributed by atoms with E-state index in [-0.39, 0.29) is 11.9 Å². The second-order valence-electron chi connectivity index (χ2n) is 5.17. The summed E-state index contributed by atoms with van der Waals surface area (Å²) in [6, 6.07) is 5.17. The molecule has 1 aliphatic carbocycles. The molecule has 21 heavy (non-hydrogen) atoms. The molecule has 1 heterocycles. The summed E-state index contributed by atoms with van der Waals surface area (Å²) in [6.45, 7) is 1.58. The molecule has 114 valence electrons. The molecule has 0 aliphatic heterocycles. The van der Waals surface area contributed by atoms with Gasteiger partial charge in [-0.15, -0.1) is 0 Å². The number of aromatic nitrogens is 1. The number of pyridine rings is 1. The first kappa shape index (κ1) is 15.8. The van der Waals surface area contributed by atoms with Crippen LogP contribution in [-0.4, -0.2) is 44.7 Å². The Balaban J connectivity index is 1.76. The lowest BCUT2D eigenvalue weighted by atomic mass is 10.2. The molecule has 0 radical (unpaired) electrons. The fourth-order valence-corrected chi connectivity index (χ4v) is 3.00. The van der Waals surface area contributed by atoms with E-state index in [9.17, 15) is 9.59 Å². The standard InChI is InChI=1S/C15H20N2O3S/c1-11(15(19)20)17(13-5-6-13)14(18)7-9-21-10-12-4-2-3-8-16-12/h2-4,8,11,13H,5-7,9-10H2,1H3,(H,19,20). The molecule has 1 saturated carbocycles. The molecule has 1 atom stereocenters. The maximum atomic E-state index is 12.2. The van der Waals surface area contributed by atoms with Gasteiger partial charge in [-0.1, -0.05) is 6.07 Å². The van der Waals surface area contributed by atoms with Crippen LogP contribution < -0.4 is 0 Å². The van der Waals surface area contributed by atoms with E-state index in [0.717, 1.165) is 24.3 Å². The molecular weight excluding hydrogens is 288 g/mol. The van der Waals surface area contributed by atoms with Crippen molar-refractivity contribution < 1.29 is 14.7 Å². The quantitative estimate of drug-likeness (QED) is 0.745. The number of carboxylic acid groups (broad SMARTS) is 1. The minimum absolute atomic E-state index is 0.0547. The molecule has 1 N–H and O–H groups in total. The lowest BCUT2D eigenvalue weighted by Crippen LogP contribution is -2.44. The summed E-state index contributed by atoms with van der Waals surface area (Å²) >= 11 is 1.65. The largest absolute Gasteiger partial charge is 0.480 e. The lowest BCUT2D eigenvalue weighted by molar-refractivity contribution is -0.149. The van der Waals surface area contributed by atoms with Gasteiger partial charge in [0, 0.05) is 30.2 Å². The number of hydrogen-bond acceptors (Lipinski definition) is 4. The van der Waals surface area contributed by atoms with Crippen molar-refractivity contribution >= 4 is 23.6 Å². The highest BCUT2D eigenvalue weighted by Crippen LogP contribution is 2.29. The van der Waals surface area contributed by atoms with Crippen LogP contribution in [0.4, 0.5) is 0 Å². The van der Waals surface area contributed by atoms with E-state index in [2.05, 4.69) is 4.98 Å². The summed E-state index contributed by atoms with van der Waals surface area (Å²) in [5.41, 5.74) is 0.993. The fourth-order valence-electron chi connectivity index (χ4n) is 2.16. The maximum absolute atomic E-state index is 12.2. The van der Waals surface area contributed by atoms with Crippen LogP contribution in [0.15, 0.2) is 24.4 Å². The second kappa shape index (κ2) is 7.45. The maximum Gasteiger partial charge on any atom is 0.326 e. The molecule has 0 saturated heterocycles. The first-order chi connectivity index (χ1) is 10.1. The van der Waals surface area contributed by atoms with Gasteiger partial charge in [-0.05, 0) is 31.9 Å². The van der Waals surface area contributed by atoms with Gasteiger partial charge in [-0.25, -0.2) is 4.79 Å². The third-order valence-corrected chi connectivity index (χ3v) is 4.43. The van der Waals surface area contributed by atoms with Crippen molar-refractivity contribution in [1.29, 1.82) is 0 Å². The summed E-state index contributed by atoms with van der Waals surface area (Å²) in [4.78, 5) is 29.1. The number of rotatable bonds is 8. The summed E-state index contributed by atoms with van der Waals surface area (Å²) in [5, 5.41) is 9.09. The zero-order valence-corrected chi connectivity index (χ0v) is 12.9. The molecule has 2 rings (SSSR count). The number of carboxylic acids is 1. The van der Waals surface area contributed by atoms with Crippen LogP contribution in [0.25, 0.3) is 0 Å². The van der Waals surface area contributed by atoms with E-state index >= 15 is 0 Å². The fraction of sp³-hybridized carbons (Fsp3) is 0.533. The van der Waals surface area contributed by atoms with Gasteiger partial charge in [0.05, 0.1) is 5.69 Å². The Bertz CT molecular complexity index is 491. The van der Waals surface area contributed by atoms with Crippen LogP contribution in [0.5, 0.6) is 0 Å². The van der Waals surface area contributed by atoms with Crippen LogP contribution >= 0.6 is 11.8 Å². The number of nitrogens with zero attached hydrogens (tertiary/aromatic N) is 2. The van der Waals surface area contributed by atoms with E-state index in [1.165, 1.54) is 0 Å². The first-order valence-corrected chi connectivity index (χ1v) is 8.26. The van der Waals surface area contributed by atoms with Gasteiger partial charge in [-0.3, -0.25) is 9.78 Å². The average Bonchev–Trinajstić information content (AvgIpc) is 3.29. The molecule has 1 amide bonds. The molecule has 0 spiro atoms. The van der Waals surface area contributed by atoms with Crippen LogP contribution in [0.3, 0.4) is 0 Å². The predicted octanol–water partition coefficient (Wildman–Crippen LogP) is 2.17. The van der Waals surface area contributed by atoms with Crippen molar-refractivity contribution in [2.75, 3.05) is 5.75 Å². The van der Waals surface area contributed by atoms with Crippen molar-refractivity contribution in [3.8, 4) is 0 Å². The van der Waals surface area contributed by atoms with Crippen molar-refractivity contribution in [1.82, 2.24) is 9.88 Å². The van der Waals surface area contributed by atoms with Gasteiger partial charge in [0.2, 0.25) is 5.91 Å². The minimum Gasteiger partial charge on any atom is -0.480 e. The zero-order chi connectivity index (χ0) is 15.2. The lowest BCUT2D eigenvalue weighted by Gasteiger charge is -2.26. The number of carbonyl (C=O) groups excluding carboxylic acids is 1. The van der Waals surface area contributed by atoms with Crippen LogP contribution in [0.2, 0.25) is 0 Å². The Hall–Kier alpha value is -1.56. The number of amides is 1. The van der Waals surface area contributed by atoms with Crippen LogP contribution in [0, 0.1) is 0 Å². The van der Waals surface area contributed by atoms with Crippen LogP contribution in [0.1, 0.15) is 31.9 Å². The van der Waals surface area contributed by atoms with Gasteiger partial charge in [-0.2, -0.15) is 11.8 Å². The Morgan fingerprint density at radius 3 is 2.81 bits per heavy atom. The Morgan fingerprint density at radius 2 is 2.24 bits per heavy atom. The normalized spacial score (nSPS) is 15.5. The van der Waals surface area contributed by atoms with E-state index in [4.69, 9.17) is 5.11 Å². The van der Waals surface area contributed by atoms with E-state index < -0.39 is 12.0 Å². The first-order valence-electron chi connectivity index (χ1n) is 7.11. The molecule has 1 aromatic heterocycles. The van der Waals surface area contributed by atoms with Crippen LogP contribution in [-0.2, 0) is 15.3 Å².